The number of rotatable bonds is 11. The normalized spacial score (nSPS) is 11.1. The topological polar surface area (TPSA) is 89.1 Å². The third-order valence-electron chi connectivity index (χ3n) is 3.69. The van der Waals surface area contributed by atoms with E-state index in [-0.39, 0.29) is 6.61 Å². The van der Waals surface area contributed by atoms with Gasteiger partial charge in [-0.3, -0.25) is 4.79 Å². The van der Waals surface area contributed by atoms with Crippen LogP contribution in [0.15, 0.2) is 48.5 Å². The lowest BCUT2D eigenvalue weighted by atomic mass is 10.2. The zero-order valence-corrected chi connectivity index (χ0v) is 17.6. The zero-order chi connectivity index (χ0) is 21.5. The van der Waals surface area contributed by atoms with E-state index in [0.717, 1.165) is 5.56 Å². The van der Waals surface area contributed by atoms with Crippen LogP contribution < -0.4 is 24.8 Å². The summed E-state index contributed by atoms with van der Waals surface area (Å²) in [7, 11) is 3.15. The molecule has 0 aliphatic heterocycles. The van der Waals surface area contributed by atoms with Crippen molar-refractivity contribution in [1.82, 2.24) is 10.6 Å². The van der Waals surface area contributed by atoms with Crippen LogP contribution in [-0.4, -0.2) is 51.0 Å². The lowest BCUT2D eigenvalue weighted by Gasteiger charge is -2.17. The fraction of sp³-hybridized carbons (Fsp3) is 0.409. The number of hydrogen-bond donors (Lipinski definition) is 3. The Kier molecular flexibility index (Phi) is 11.9. The SMILES string of the molecule is CNC=O.COc1cc(OCc2ccccc2)ccc1OCC(O)CNC(C)C. The fourth-order valence-corrected chi connectivity index (χ4v) is 2.21. The number of nitrogens with one attached hydrogen (secondary N) is 2. The van der Waals surface area contributed by atoms with E-state index in [0.29, 0.717) is 42.9 Å². The van der Waals surface area contributed by atoms with Crippen LogP contribution in [0.25, 0.3) is 0 Å². The number of carbonyl (C=O) groups excluding carboxylic acids is 1. The van der Waals surface area contributed by atoms with Crippen molar-refractivity contribution in [2.45, 2.75) is 32.6 Å². The van der Waals surface area contributed by atoms with Crippen molar-refractivity contribution in [2.75, 3.05) is 27.3 Å². The van der Waals surface area contributed by atoms with Gasteiger partial charge in [0.2, 0.25) is 6.41 Å². The van der Waals surface area contributed by atoms with E-state index >= 15 is 0 Å². The molecule has 0 saturated heterocycles. The molecule has 3 N–H and O–H groups in total. The minimum atomic E-state index is -0.582. The number of aliphatic hydroxyl groups excluding tert-OH is 1. The van der Waals surface area contributed by atoms with Crippen LogP contribution >= 0.6 is 0 Å². The summed E-state index contributed by atoms with van der Waals surface area (Å²) in [6.07, 6.45) is 0.0427. The van der Waals surface area contributed by atoms with Crippen LogP contribution in [0.2, 0.25) is 0 Å². The predicted molar refractivity (Wildman–Crippen MR) is 114 cm³/mol. The largest absolute Gasteiger partial charge is 0.493 e. The summed E-state index contributed by atoms with van der Waals surface area (Å²) in [5.74, 6) is 1.86. The molecular weight excluding hydrogens is 372 g/mol. The first-order chi connectivity index (χ1) is 14.0. The monoisotopic (exact) mass is 404 g/mol. The smallest absolute Gasteiger partial charge is 0.206 e. The van der Waals surface area contributed by atoms with Crippen molar-refractivity contribution in [3.8, 4) is 17.2 Å². The molecule has 0 spiro atoms. The molecule has 0 saturated carbocycles. The van der Waals surface area contributed by atoms with E-state index in [1.54, 1.807) is 26.3 Å². The summed E-state index contributed by atoms with van der Waals surface area (Å²) in [5.41, 5.74) is 1.10. The molecule has 1 atom stereocenters. The molecule has 29 heavy (non-hydrogen) atoms. The molecular formula is C22H32N2O5. The summed E-state index contributed by atoms with van der Waals surface area (Å²) < 4.78 is 16.8. The Morgan fingerprint density at radius 1 is 1.07 bits per heavy atom. The Balaban J connectivity index is 0.000000960. The van der Waals surface area contributed by atoms with Gasteiger partial charge in [0.05, 0.1) is 7.11 Å². The highest BCUT2D eigenvalue weighted by molar-refractivity contribution is 5.45. The second kappa shape index (κ2) is 14.3. The van der Waals surface area contributed by atoms with Gasteiger partial charge in [0.15, 0.2) is 11.5 Å². The molecule has 7 heteroatoms. The molecule has 1 unspecified atom stereocenters. The number of carbonyl (C=O) groups is 1. The molecule has 0 fully saturated rings. The van der Waals surface area contributed by atoms with Crippen molar-refractivity contribution < 1.29 is 24.1 Å². The molecule has 160 valence electrons. The van der Waals surface area contributed by atoms with Crippen molar-refractivity contribution in [3.63, 3.8) is 0 Å². The third-order valence-corrected chi connectivity index (χ3v) is 3.69. The summed E-state index contributed by atoms with van der Waals surface area (Å²) in [5, 5.41) is 15.4. The number of hydrogen-bond acceptors (Lipinski definition) is 6. The van der Waals surface area contributed by atoms with Gasteiger partial charge in [-0.15, -0.1) is 0 Å². The summed E-state index contributed by atoms with van der Waals surface area (Å²) in [6.45, 7) is 5.23. The summed E-state index contributed by atoms with van der Waals surface area (Å²) in [6, 6.07) is 15.7. The summed E-state index contributed by atoms with van der Waals surface area (Å²) in [4.78, 5) is 9.06. The molecule has 0 aliphatic carbocycles. The van der Waals surface area contributed by atoms with Gasteiger partial charge < -0.3 is 30.0 Å². The second-order valence-corrected chi connectivity index (χ2v) is 6.52. The Hall–Kier alpha value is -2.77. The van der Waals surface area contributed by atoms with Gasteiger partial charge in [0.1, 0.15) is 25.1 Å². The van der Waals surface area contributed by atoms with Crippen LogP contribution in [-0.2, 0) is 11.4 Å². The van der Waals surface area contributed by atoms with E-state index in [1.165, 1.54) is 0 Å². The molecule has 7 nitrogen and oxygen atoms in total. The Morgan fingerprint density at radius 2 is 1.76 bits per heavy atom. The van der Waals surface area contributed by atoms with Gasteiger partial charge in [0.25, 0.3) is 0 Å². The highest BCUT2D eigenvalue weighted by Crippen LogP contribution is 2.31. The maximum absolute atomic E-state index is 9.93. The lowest BCUT2D eigenvalue weighted by molar-refractivity contribution is -0.109. The molecule has 0 heterocycles. The standard InChI is InChI=1S/C20H27NO4.C2H5NO/c1-15(2)21-12-17(22)14-25-19-10-9-18(11-20(19)23-3)24-13-16-7-5-4-6-8-16;1-3-2-4/h4-11,15,17,21-22H,12-14H2,1-3H3;2H,1H3,(H,3,4). The van der Waals surface area contributed by atoms with Gasteiger partial charge in [-0.1, -0.05) is 44.2 Å². The molecule has 2 aromatic rings. The molecule has 1 amide bonds. The van der Waals surface area contributed by atoms with Gasteiger partial charge in [-0.25, -0.2) is 0 Å². The minimum Gasteiger partial charge on any atom is -0.493 e. The number of aliphatic hydroxyl groups is 1. The van der Waals surface area contributed by atoms with E-state index in [4.69, 9.17) is 19.0 Å². The molecule has 0 aliphatic rings. The van der Waals surface area contributed by atoms with Crippen molar-refractivity contribution in [1.29, 1.82) is 0 Å². The average molecular weight is 405 g/mol. The minimum absolute atomic E-state index is 0.195. The third kappa shape index (κ3) is 10.4. The lowest BCUT2D eigenvalue weighted by Crippen LogP contribution is -2.35. The van der Waals surface area contributed by atoms with Crippen LogP contribution in [0, 0.1) is 0 Å². The van der Waals surface area contributed by atoms with Gasteiger partial charge in [-0.05, 0) is 17.7 Å². The van der Waals surface area contributed by atoms with Crippen LogP contribution in [0.1, 0.15) is 19.4 Å². The number of benzene rings is 2. The Morgan fingerprint density at radius 3 is 2.34 bits per heavy atom. The highest BCUT2D eigenvalue weighted by Gasteiger charge is 2.10. The van der Waals surface area contributed by atoms with E-state index < -0.39 is 6.10 Å². The quantitative estimate of drug-likeness (QED) is 0.499. The Bertz CT molecular complexity index is 695. The van der Waals surface area contributed by atoms with Gasteiger partial charge in [-0.2, -0.15) is 0 Å². The molecule has 2 rings (SSSR count). The predicted octanol–water partition coefficient (Wildman–Crippen LogP) is 2.37. The van der Waals surface area contributed by atoms with E-state index in [2.05, 4.69) is 10.6 Å². The Labute approximate surface area is 173 Å². The maximum Gasteiger partial charge on any atom is 0.206 e. The second-order valence-electron chi connectivity index (χ2n) is 6.52. The molecule has 0 bridgehead atoms. The average Bonchev–Trinajstić information content (AvgIpc) is 2.75. The molecule has 2 aromatic carbocycles. The van der Waals surface area contributed by atoms with Crippen molar-refractivity contribution in [2.24, 2.45) is 0 Å². The van der Waals surface area contributed by atoms with E-state index in [9.17, 15) is 5.11 Å². The van der Waals surface area contributed by atoms with Crippen LogP contribution in [0.5, 0.6) is 17.2 Å². The zero-order valence-electron chi connectivity index (χ0n) is 17.6. The van der Waals surface area contributed by atoms with Crippen LogP contribution in [0.3, 0.4) is 0 Å². The number of ether oxygens (including phenoxy) is 3. The first-order valence-electron chi connectivity index (χ1n) is 9.50. The number of amides is 1. The number of methoxy groups -OCH3 is 1. The maximum atomic E-state index is 9.93. The van der Waals surface area contributed by atoms with Gasteiger partial charge >= 0.3 is 0 Å². The van der Waals surface area contributed by atoms with E-state index in [1.807, 2.05) is 50.2 Å². The van der Waals surface area contributed by atoms with Crippen molar-refractivity contribution in [3.05, 3.63) is 54.1 Å². The van der Waals surface area contributed by atoms with Crippen LogP contribution in [0.4, 0.5) is 0 Å². The highest BCUT2D eigenvalue weighted by atomic mass is 16.5. The van der Waals surface area contributed by atoms with Gasteiger partial charge in [0, 0.05) is 25.7 Å². The first-order valence-corrected chi connectivity index (χ1v) is 9.50. The first kappa shape index (κ1) is 24.3. The molecule has 0 aromatic heterocycles. The van der Waals surface area contributed by atoms with Crippen molar-refractivity contribution >= 4 is 6.41 Å². The summed E-state index contributed by atoms with van der Waals surface area (Å²) >= 11 is 0. The fourth-order valence-electron chi connectivity index (χ4n) is 2.21. The molecule has 0 radical (unpaired) electrons.